The second-order valence-electron chi connectivity index (χ2n) is 8.79. The Hall–Kier alpha value is -3.69. The van der Waals surface area contributed by atoms with E-state index in [1.54, 1.807) is 34.1 Å². The number of nitrogens with zero attached hydrogens (tertiary/aromatic N) is 3. The number of rotatable bonds is 4. The van der Waals surface area contributed by atoms with E-state index >= 15 is 0 Å². The van der Waals surface area contributed by atoms with Gasteiger partial charge in [0.2, 0.25) is 0 Å². The van der Waals surface area contributed by atoms with Crippen LogP contribution in [-0.2, 0) is 9.47 Å². The normalized spacial score (nSPS) is 20.3. The predicted octanol–water partition coefficient (Wildman–Crippen LogP) is 3.79. The van der Waals surface area contributed by atoms with Crippen molar-refractivity contribution < 1.29 is 27.8 Å². The summed E-state index contributed by atoms with van der Waals surface area (Å²) in [6, 6.07) is 13.8. The minimum Gasteiger partial charge on any atom is -0.370 e. The Labute approximate surface area is 207 Å². The topological polar surface area (TPSA) is 72.0 Å². The van der Waals surface area contributed by atoms with Crippen molar-refractivity contribution in [3.8, 4) is 0 Å². The number of carbonyl (C=O) groups is 2. The Bertz CT molecular complexity index is 1180. The van der Waals surface area contributed by atoms with Gasteiger partial charge in [0, 0.05) is 25.5 Å². The zero-order chi connectivity index (χ0) is 25.1. The lowest BCUT2D eigenvalue weighted by Crippen LogP contribution is -2.43. The van der Waals surface area contributed by atoms with E-state index < -0.39 is 12.2 Å². The van der Waals surface area contributed by atoms with E-state index in [1.807, 2.05) is 0 Å². The van der Waals surface area contributed by atoms with Crippen molar-refractivity contribution >= 4 is 11.8 Å². The summed E-state index contributed by atoms with van der Waals surface area (Å²) >= 11 is 0. The Kier molecular flexibility index (Phi) is 7.02. The molecule has 3 heterocycles. The molecule has 0 radical (unpaired) electrons. The fourth-order valence-electron chi connectivity index (χ4n) is 4.52. The van der Waals surface area contributed by atoms with Crippen LogP contribution < -0.4 is 0 Å². The van der Waals surface area contributed by atoms with Crippen molar-refractivity contribution in [3.05, 3.63) is 101 Å². The molecule has 36 heavy (non-hydrogen) atoms. The van der Waals surface area contributed by atoms with Crippen LogP contribution in [0.5, 0.6) is 0 Å². The molecule has 186 valence electrons. The maximum Gasteiger partial charge on any atom is 0.255 e. The van der Waals surface area contributed by atoms with Crippen LogP contribution >= 0.6 is 0 Å². The summed E-state index contributed by atoms with van der Waals surface area (Å²) in [5.41, 5.74) is 1.90. The standard InChI is InChI=1S/C27H25F2N3O4/c28-22-5-1-3-18(12-22)24-16-31(7-9-35-24)26(33)20-11-21(15-30-14-20)27(34)32-8-10-36-25(17-32)19-4-2-6-23(29)13-19/h1-6,11-15,24-25H,7-10,16-17H2. The number of morpholine rings is 2. The first-order valence-electron chi connectivity index (χ1n) is 11.8. The zero-order valence-electron chi connectivity index (χ0n) is 19.5. The molecule has 2 aliphatic rings. The first-order chi connectivity index (χ1) is 17.5. The van der Waals surface area contributed by atoms with Crippen molar-refractivity contribution in [2.45, 2.75) is 12.2 Å². The summed E-state index contributed by atoms with van der Waals surface area (Å²) in [4.78, 5) is 33.9. The van der Waals surface area contributed by atoms with E-state index in [0.717, 1.165) is 0 Å². The number of benzene rings is 2. The quantitative estimate of drug-likeness (QED) is 0.553. The molecule has 2 unspecified atom stereocenters. The lowest BCUT2D eigenvalue weighted by Gasteiger charge is -2.34. The summed E-state index contributed by atoms with van der Waals surface area (Å²) in [6.45, 7) is 1.91. The third-order valence-electron chi connectivity index (χ3n) is 6.38. The van der Waals surface area contributed by atoms with Crippen molar-refractivity contribution in [2.75, 3.05) is 39.4 Å². The Morgan fingerprint density at radius 3 is 1.67 bits per heavy atom. The van der Waals surface area contributed by atoms with Crippen molar-refractivity contribution in [1.82, 2.24) is 14.8 Å². The molecule has 3 aromatic rings. The van der Waals surface area contributed by atoms with Crippen LogP contribution in [-0.4, -0.2) is 66.0 Å². The summed E-state index contributed by atoms with van der Waals surface area (Å²) < 4.78 is 38.8. The highest BCUT2D eigenvalue weighted by molar-refractivity contribution is 5.99. The molecule has 2 aromatic carbocycles. The first-order valence-corrected chi connectivity index (χ1v) is 11.8. The van der Waals surface area contributed by atoms with Gasteiger partial charge >= 0.3 is 0 Å². The molecule has 1 aromatic heterocycles. The Morgan fingerprint density at radius 1 is 0.750 bits per heavy atom. The molecule has 0 spiro atoms. The van der Waals surface area contributed by atoms with Gasteiger partial charge in [0.15, 0.2) is 0 Å². The fraction of sp³-hybridized carbons (Fsp3) is 0.296. The molecule has 2 fully saturated rings. The van der Waals surface area contributed by atoms with Gasteiger partial charge in [-0.3, -0.25) is 14.6 Å². The van der Waals surface area contributed by atoms with E-state index in [2.05, 4.69) is 4.98 Å². The van der Waals surface area contributed by atoms with Gasteiger partial charge in [0.1, 0.15) is 23.8 Å². The number of carbonyl (C=O) groups excluding carboxylic acids is 2. The monoisotopic (exact) mass is 493 g/mol. The van der Waals surface area contributed by atoms with Crippen LogP contribution in [0.4, 0.5) is 8.78 Å². The van der Waals surface area contributed by atoms with Crippen molar-refractivity contribution in [1.29, 1.82) is 0 Å². The first kappa shape index (κ1) is 24.0. The van der Waals surface area contributed by atoms with Gasteiger partial charge in [0.05, 0.1) is 37.4 Å². The largest absolute Gasteiger partial charge is 0.370 e. The fourth-order valence-corrected chi connectivity index (χ4v) is 4.52. The average molecular weight is 494 g/mol. The lowest BCUT2D eigenvalue weighted by molar-refractivity contribution is -0.0232. The highest BCUT2D eigenvalue weighted by Crippen LogP contribution is 2.26. The van der Waals surface area contributed by atoms with Crippen molar-refractivity contribution in [3.63, 3.8) is 0 Å². The summed E-state index contributed by atoms with van der Waals surface area (Å²) in [5.74, 6) is -1.28. The molecular formula is C27H25F2N3O4. The summed E-state index contributed by atoms with van der Waals surface area (Å²) in [7, 11) is 0. The Morgan fingerprint density at radius 2 is 1.22 bits per heavy atom. The van der Waals surface area contributed by atoms with Crippen LogP contribution in [0.1, 0.15) is 44.1 Å². The number of ether oxygens (including phenoxy) is 2. The molecule has 9 heteroatoms. The van der Waals surface area contributed by atoms with Crippen LogP contribution in [0, 0.1) is 11.6 Å². The van der Waals surface area contributed by atoms with Crippen molar-refractivity contribution in [2.24, 2.45) is 0 Å². The van der Waals surface area contributed by atoms with Crippen LogP contribution in [0.2, 0.25) is 0 Å². The third kappa shape index (κ3) is 5.27. The van der Waals surface area contributed by atoms with E-state index in [9.17, 15) is 18.4 Å². The lowest BCUT2D eigenvalue weighted by atomic mass is 10.1. The van der Waals surface area contributed by atoms with Gasteiger partial charge in [-0.15, -0.1) is 0 Å². The SMILES string of the molecule is O=C(c1cncc(C(=O)N2CCOC(c3cccc(F)c3)C2)c1)N1CCOC(c2cccc(F)c2)C1. The number of hydrogen-bond donors (Lipinski definition) is 0. The van der Waals surface area contributed by atoms with Gasteiger partial charge in [-0.2, -0.15) is 0 Å². The average Bonchev–Trinajstić information content (AvgIpc) is 2.92. The maximum absolute atomic E-state index is 13.6. The van der Waals surface area contributed by atoms with Gasteiger partial charge in [-0.25, -0.2) is 8.78 Å². The summed E-state index contributed by atoms with van der Waals surface area (Å²) in [6.07, 6.45) is 1.98. The number of aromatic nitrogens is 1. The molecular weight excluding hydrogens is 468 g/mol. The second kappa shape index (κ2) is 10.5. The number of pyridine rings is 1. The van der Waals surface area contributed by atoms with E-state index in [4.69, 9.17) is 9.47 Å². The molecule has 2 aliphatic heterocycles. The second-order valence-corrected chi connectivity index (χ2v) is 8.79. The molecule has 7 nitrogen and oxygen atoms in total. The number of halogens is 2. The van der Waals surface area contributed by atoms with Crippen LogP contribution in [0.3, 0.4) is 0 Å². The Balaban J connectivity index is 1.28. The van der Waals surface area contributed by atoms with Gasteiger partial charge in [-0.05, 0) is 41.5 Å². The predicted molar refractivity (Wildman–Crippen MR) is 126 cm³/mol. The molecule has 0 bridgehead atoms. The molecule has 5 rings (SSSR count). The van der Waals surface area contributed by atoms with E-state index in [1.165, 1.54) is 42.7 Å². The van der Waals surface area contributed by atoms with Gasteiger partial charge in [-0.1, -0.05) is 24.3 Å². The third-order valence-corrected chi connectivity index (χ3v) is 6.38. The molecule has 0 saturated carbocycles. The van der Waals surface area contributed by atoms with Crippen LogP contribution in [0.25, 0.3) is 0 Å². The molecule has 0 N–H and O–H groups in total. The highest BCUT2D eigenvalue weighted by Gasteiger charge is 2.29. The van der Waals surface area contributed by atoms with E-state index in [0.29, 0.717) is 37.4 Å². The minimum atomic E-state index is -0.440. The molecule has 2 saturated heterocycles. The highest BCUT2D eigenvalue weighted by atomic mass is 19.1. The van der Waals surface area contributed by atoms with Gasteiger partial charge < -0.3 is 19.3 Å². The maximum atomic E-state index is 13.6. The molecule has 2 atom stereocenters. The minimum absolute atomic E-state index is 0.263. The number of hydrogen-bond acceptors (Lipinski definition) is 5. The number of amides is 2. The molecule has 2 amide bonds. The van der Waals surface area contributed by atoms with Crippen LogP contribution in [0.15, 0.2) is 67.0 Å². The summed E-state index contributed by atoms with van der Waals surface area (Å²) in [5, 5.41) is 0. The van der Waals surface area contributed by atoms with Gasteiger partial charge in [0.25, 0.3) is 11.8 Å². The van der Waals surface area contributed by atoms with E-state index in [-0.39, 0.29) is 47.7 Å². The smallest absolute Gasteiger partial charge is 0.255 e. The zero-order valence-corrected chi connectivity index (χ0v) is 19.5. The molecule has 0 aliphatic carbocycles.